The number of halogens is 1. The average molecular weight is 583 g/mol. The predicted octanol–water partition coefficient (Wildman–Crippen LogP) is 7.68. The fourth-order valence-corrected chi connectivity index (χ4v) is 7.28. The van der Waals surface area contributed by atoms with Crippen LogP contribution in [0.3, 0.4) is 0 Å². The van der Waals surface area contributed by atoms with Gasteiger partial charge in [0, 0.05) is 42.0 Å². The first kappa shape index (κ1) is 29.3. The third-order valence-corrected chi connectivity index (χ3v) is 10.5. The van der Waals surface area contributed by atoms with Crippen LogP contribution in [0.15, 0.2) is 48.6 Å². The highest BCUT2D eigenvalue weighted by Crippen LogP contribution is 2.43. The van der Waals surface area contributed by atoms with Crippen molar-refractivity contribution in [1.29, 1.82) is 0 Å². The molecule has 0 radical (unpaired) electrons. The number of anilines is 1. The van der Waals surface area contributed by atoms with E-state index in [2.05, 4.69) is 54.7 Å². The first-order valence-electron chi connectivity index (χ1n) is 14.8. The van der Waals surface area contributed by atoms with Gasteiger partial charge in [0.2, 0.25) is 0 Å². The minimum Gasteiger partial charge on any atom is -0.491 e. The molecule has 0 aromatic heterocycles. The number of nitrogens with one attached hydrogen (secondary N) is 1. The monoisotopic (exact) mass is 582 g/mol. The molecule has 2 aromatic carbocycles. The highest BCUT2D eigenvalue weighted by atomic mass is 35.5. The topological polar surface area (TPSA) is 50.8 Å². The van der Waals surface area contributed by atoms with Crippen molar-refractivity contribution < 1.29 is 14.3 Å². The van der Waals surface area contributed by atoms with Gasteiger partial charge >= 0.3 is 0 Å². The Hall–Kier alpha value is -2.15. The van der Waals surface area contributed by atoms with Crippen LogP contribution in [0.5, 0.6) is 5.75 Å². The maximum atomic E-state index is 13.2. The predicted molar refractivity (Wildman–Crippen MR) is 167 cm³/mol. The zero-order valence-corrected chi connectivity index (χ0v) is 25.8. The third kappa shape index (κ3) is 6.50. The Kier molecular flexibility index (Phi) is 9.70. The van der Waals surface area contributed by atoms with Crippen molar-refractivity contribution in [2.24, 2.45) is 17.8 Å². The van der Waals surface area contributed by atoms with E-state index in [9.17, 15) is 4.79 Å². The number of methoxy groups -OCH3 is 1. The molecule has 5 nitrogen and oxygen atoms in total. The second-order valence-electron chi connectivity index (χ2n) is 11.8. The molecule has 2 aromatic rings. The number of nitrogens with zero attached hydrogens (tertiary/aromatic N) is 1. The molecule has 2 heterocycles. The molecule has 1 fully saturated rings. The summed E-state index contributed by atoms with van der Waals surface area (Å²) in [6, 6.07) is 12.2. The van der Waals surface area contributed by atoms with Gasteiger partial charge in [0.25, 0.3) is 5.91 Å². The van der Waals surface area contributed by atoms with Crippen LogP contribution in [-0.4, -0.2) is 44.1 Å². The third-order valence-electron chi connectivity index (χ3n) is 9.10. The zero-order chi connectivity index (χ0) is 28.2. The maximum Gasteiger partial charge on any atom is 0.261 e. The van der Waals surface area contributed by atoms with Crippen LogP contribution >= 0.6 is 23.5 Å². The molecule has 2 bridgehead atoms. The molecule has 3 aliphatic rings. The first-order chi connectivity index (χ1) is 19.4. The summed E-state index contributed by atoms with van der Waals surface area (Å²) in [5.74, 6) is 2.42. The van der Waals surface area contributed by atoms with E-state index in [1.807, 2.05) is 31.4 Å². The summed E-state index contributed by atoms with van der Waals surface area (Å²) in [5, 5.41) is 1.07. The molecule has 1 amide bonds. The Morgan fingerprint density at radius 2 is 2.00 bits per heavy atom. The summed E-state index contributed by atoms with van der Waals surface area (Å²) >= 11 is 7.92. The highest BCUT2D eigenvalue weighted by molar-refractivity contribution is 7.98. The Labute approximate surface area is 249 Å². The molecule has 1 aliphatic carbocycles. The molecular formula is C33H43ClN2O3S. The van der Waals surface area contributed by atoms with Crippen LogP contribution in [0.2, 0.25) is 5.02 Å². The molecule has 5 rings (SSSR count). The summed E-state index contributed by atoms with van der Waals surface area (Å²) in [5.41, 5.74) is 4.29. The molecule has 6 atom stereocenters. The summed E-state index contributed by atoms with van der Waals surface area (Å²) in [6.07, 6.45) is 10.1. The smallest absolute Gasteiger partial charge is 0.261 e. The lowest BCUT2D eigenvalue weighted by Crippen LogP contribution is -2.44. The van der Waals surface area contributed by atoms with Crippen molar-refractivity contribution in [3.05, 3.63) is 70.3 Å². The Balaban J connectivity index is 1.51. The van der Waals surface area contributed by atoms with E-state index >= 15 is 0 Å². The van der Waals surface area contributed by atoms with Crippen molar-refractivity contribution in [1.82, 2.24) is 4.72 Å². The van der Waals surface area contributed by atoms with Gasteiger partial charge in [-0.2, -0.15) is 0 Å². The first-order valence-corrected chi connectivity index (χ1v) is 16.1. The second-order valence-corrected chi connectivity index (χ2v) is 13.4. The Bertz CT molecular complexity index is 1220. The fourth-order valence-electron chi connectivity index (χ4n) is 6.33. The number of allylic oxidation sites excluding steroid dienone is 1. The lowest BCUT2D eigenvalue weighted by molar-refractivity contribution is 0.0134. The van der Waals surface area contributed by atoms with E-state index in [1.165, 1.54) is 35.9 Å². The molecule has 216 valence electrons. The van der Waals surface area contributed by atoms with Crippen molar-refractivity contribution >= 4 is 35.1 Å². The molecule has 0 saturated heterocycles. The van der Waals surface area contributed by atoms with Gasteiger partial charge < -0.3 is 14.4 Å². The van der Waals surface area contributed by atoms with Crippen molar-refractivity contribution in [3.8, 4) is 5.75 Å². The number of benzene rings is 2. The number of amides is 1. The molecule has 0 spiro atoms. The molecular weight excluding hydrogens is 540 g/mol. The molecule has 40 heavy (non-hydrogen) atoms. The number of rotatable bonds is 4. The van der Waals surface area contributed by atoms with Gasteiger partial charge in [0.1, 0.15) is 5.75 Å². The SMILES string of the molecule is CCCc1cc(Cl)ccc1C1COc2ccc3cc2N(C1)CC1CCC1C(OC)/C=C/CC(C)C(C)SNC3=O. The summed E-state index contributed by atoms with van der Waals surface area (Å²) in [4.78, 5) is 15.7. The standard InChI is InChI=1S/C33H43ClN2O3S/c1-5-7-23-16-27(34)12-14-28(23)26-19-36-18-25-10-13-29(25)31(38-4)9-6-8-21(2)22(3)40-35-33(37)24-11-15-32(39-20-26)30(36)17-24/h6,9,11-12,14-17,21-22,25-26,29,31H,5,7-8,10,13,18-20H2,1-4H3,(H,35,37)/b9-6+. The quantitative estimate of drug-likeness (QED) is 0.296. The van der Waals surface area contributed by atoms with Gasteiger partial charge in [-0.05, 0) is 96.8 Å². The van der Waals surface area contributed by atoms with Gasteiger partial charge in [-0.1, -0.05) is 57.0 Å². The van der Waals surface area contributed by atoms with Crippen LogP contribution < -0.4 is 14.4 Å². The van der Waals surface area contributed by atoms with E-state index in [1.54, 1.807) is 0 Å². The van der Waals surface area contributed by atoms with Gasteiger partial charge in [-0.15, -0.1) is 0 Å². The number of hydrogen-bond acceptors (Lipinski definition) is 5. The van der Waals surface area contributed by atoms with Crippen LogP contribution in [0.25, 0.3) is 0 Å². The van der Waals surface area contributed by atoms with Crippen molar-refractivity contribution in [2.75, 3.05) is 31.7 Å². The van der Waals surface area contributed by atoms with E-state index in [-0.39, 0.29) is 23.2 Å². The van der Waals surface area contributed by atoms with E-state index < -0.39 is 0 Å². The van der Waals surface area contributed by atoms with Gasteiger partial charge in [0.05, 0.1) is 18.4 Å². The van der Waals surface area contributed by atoms with E-state index in [4.69, 9.17) is 21.1 Å². The summed E-state index contributed by atoms with van der Waals surface area (Å²) in [6.45, 7) is 8.96. The van der Waals surface area contributed by atoms with Crippen LogP contribution in [0.4, 0.5) is 5.69 Å². The highest BCUT2D eigenvalue weighted by Gasteiger charge is 2.39. The number of hydrogen-bond donors (Lipinski definition) is 1. The molecule has 2 aliphatic heterocycles. The van der Waals surface area contributed by atoms with Gasteiger partial charge in [0.15, 0.2) is 0 Å². The Morgan fingerprint density at radius 1 is 1.15 bits per heavy atom. The Morgan fingerprint density at radius 3 is 2.75 bits per heavy atom. The van der Waals surface area contributed by atoms with Gasteiger partial charge in [-0.25, -0.2) is 0 Å². The molecule has 7 heteroatoms. The number of ether oxygens (including phenoxy) is 2. The molecule has 6 unspecified atom stereocenters. The van der Waals surface area contributed by atoms with Crippen LogP contribution in [0, 0.1) is 17.8 Å². The van der Waals surface area contributed by atoms with Crippen molar-refractivity contribution in [3.63, 3.8) is 0 Å². The zero-order valence-electron chi connectivity index (χ0n) is 24.2. The lowest BCUT2D eigenvalue weighted by Gasteiger charge is -2.43. The van der Waals surface area contributed by atoms with E-state index in [0.717, 1.165) is 48.8 Å². The largest absolute Gasteiger partial charge is 0.491 e. The number of fused-ring (bicyclic) bond motifs is 2. The fraction of sp³-hybridized carbons (Fsp3) is 0.545. The average Bonchev–Trinajstić information content (AvgIpc) is 3.12. The maximum absolute atomic E-state index is 13.2. The minimum atomic E-state index is -0.0564. The van der Waals surface area contributed by atoms with Crippen molar-refractivity contribution in [2.45, 2.75) is 70.1 Å². The second kappa shape index (κ2) is 13.2. The summed E-state index contributed by atoms with van der Waals surface area (Å²) in [7, 11) is 1.84. The molecule has 1 N–H and O–H groups in total. The number of carbonyl (C=O) groups is 1. The van der Waals surface area contributed by atoms with Crippen LogP contribution in [0.1, 0.15) is 73.9 Å². The summed E-state index contributed by atoms with van der Waals surface area (Å²) < 4.78 is 15.6. The normalized spacial score (nSPS) is 29.8. The van der Waals surface area contributed by atoms with Gasteiger partial charge in [-0.3, -0.25) is 9.52 Å². The number of carbonyl (C=O) groups excluding carboxylic acids is 1. The number of aryl methyl sites for hydroxylation is 1. The minimum absolute atomic E-state index is 0.0564. The molecule has 1 saturated carbocycles. The van der Waals surface area contributed by atoms with Crippen LogP contribution in [-0.2, 0) is 11.2 Å². The lowest BCUT2D eigenvalue weighted by atomic mass is 9.70. The van der Waals surface area contributed by atoms with E-state index in [0.29, 0.717) is 29.9 Å².